The molecule has 1 saturated carbocycles. The molecular formula is C22H26BrN5O2. The third-order valence-corrected chi connectivity index (χ3v) is 6.10. The van der Waals surface area contributed by atoms with E-state index in [2.05, 4.69) is 36.6 Å². The Labute approximate surface area is 184 Å². The number of phenols is 1. The molecule has 1 aliphatic rings. The molecule has 0 saturated heterocycles. The summed E-state index contributed by atoms with van der Waals surface area (Å²) >= 11 is 3.49. The molecule has 2 aromatic heterocycles. The van der Waals surface area contributed by atoms with Gasteiger partial charge in [0.1, 0.15) is 11.6 Å². The number of carbonyl (C=O) groups excluding carboxylic acids is 1. The number of nitrogens with zero attached hydrogens (tertiary/aromatic N) is 3. The Hall–Kier alpha value is -2.61. The predicted molar refractivity (Wildman–Crippen MR) is 120 cm³/mol. The Morgan fingerprint density at radius 2 is 1.97 bits per heavy atom. The molecule has 7 nitrogen and oxygen atoms in total. The number of carbonyl (C=O) groups is 1. The Morgan fingerprint density at radius 1 is 1.20 bits per heavy atom. The lowest BCUT2D eigenvalue weighted by Crippen LogP contribution is -2.30. The summed E-state index contributed by atoms with van der Waals surface area (Å²) < 4.78 is 2.53. The van der Waals surface area contributed by atoms with Crippen LogP contribution in [0.4, 0.5) is 5.82 Å². The van der Waals surface area contributed by atoms with Crippen molar-refractivity contribution in [3.63, 3.8) is 0 Å². The summed E-state index contributed by atoms with van der Waals surface area (Å²) in [6, 6.07) is 9.05. The number of aromatic nitrogens is 3. The van der Waals surface area contributed by atoms with Gasteiger partial charge in [0.2, 0.25) is 5.91 Å². The zero-order chi connectivity index (χ0) is 20.9. The molecular weight excluding hydrogens is 446 g/mol. The average molecular weight is 472 g/mol. The number of hydrogen-bond acceptors (Lipinski definition) is 5. The van der Waals surface area contributed by atoms with Gasteiger partial charge in [0.05, 0.1) is 16.4 Å². The monoisotopic (exact) mass is 471 g/mol. The number of amides is 1. The van der Waals surface area contributed by atoms with Crippen molar-refractivity contribution in [1.29, 1.82) is 0 Å². The first-order valence-electron chi connectivity index (χ1n) is 10.5. The molecule has 0 spiro atoms. The molecule has 1 aromatic carbocycles. The van der Waals surface area contributed by atoms with E-state index in [1.54, 1.807) is 22.8 Å². The lowest BCUT2D eigenvalue weighted by molar-refractivity contribution is -0.124. The SMILES string of the molecule is O=C(NCCCCNc1cc(-c2ccccc2O)nc2c(Br)cnn12)C1CCCC1. The molecule has 0 bridgehead atoms. The number of nitrogens with one attached hydrogen (secondary N) is 2. The van der Waals surface area contributed by atoms with Gasteiger partial charge in [-0.2, -0.15) is 9.61 Å². The summed E-state index contributed by atoms with van der Waals surface area (Å²) in [5, 5.41) is 21.1. The standard InChI is InChI=1S/C22H26BrN5O2/c23-17-14-26-28-20(13-18(27-21(17)28)16-9-3-4-10-19(16)29)24-11-5-6-12-25-22(30)15-7-1-2-8-15/h3-4,9-10,13-15,24,29H,1-2,5-8,11-12H2,(H,25,30). The smallest absolute Gasteiger partial charge is 0.223 e. The van der Waals surface area contributed by atoms with E-state index in [0.29, 0.717) is 23.4 Å². The van der Waals surface area contributed by atoms with Crippen LogP contribution < -0.4 is 10.6 Å². The van der Waals surface area contributed by atoms with E-state index >= 15 is 0 Å². The number of hydrogen-bond donors (Lipinski definition) is 3. The molecule has 0 atom stereocenters. The minimum absolute atomic E-state index is 0.189. The lowest BCUT2D eigenvalue weighted by atomic mass is 10.1. The summed E-state index contributed by atoms with van der Waals surface area (Å²) in [4.78, 5) is 16.7. The van der Waals surface area contributed by atoms with Crippen LogP contribution in [-0.4, -0.2) is 38.7 Å². The van der Waals surface area contributed by atoms with Gasteiger partial charge < -0.3 is 15.7 Å². The fraction of sp³-hybridized carbons (Fsp3) is 0.409. The molecule has 3 N–H and O–H groups in total. The molecule has 1 amide bonds. The van der Waals surface area contributed by atoms with Gasteiger partial charge in [-0.1, -0.05) is 25.0 Å². The Kier molecular flexibility index (Phi) is 6.52. The molecule has 0 unspecified atom stereocenters. The summed E-state index contributed by atoms with van der Waals surface area (Å²) in [6.45, 7) is 1.45. The van der Waals surface area contributed by atoms with Crippen molar-refractivity contribution in [2.45, 2.75) is 38.5 Å². The largest absolute Gasteiger partial charge is 0.507 e. The first kappa shape index (κ1) is 20.7. The van der Waals surface area contributed by atoms with Crippen LogP contribution in [0.25, 0.3) is 16.9 Å². The van der Waals surface area contributed by atoms with Gasteiger partial charge in [0.15, 0.2) is 5.65 Å². The normalized spacial score (nSPS) is 14.3. The number of anilines is 1. The van der Waals surface area contributed by atoms with Crippen molar-refractivity contribution in [3.8, 4) is 17.0 Å². The molecule has 0 aliphatic heterocycles. The van der Waals surface area contributed by atoms with E-state index in [-0.39, 0.29) is 17.6 Å². The minimum Gasteiger partial charge on any atom is -0.507 e. The highest BCUT2D eigenvalue weighted by atomic mass is 79.9. The molecule has 0 radical (unpaired) electrons. The van der Waals surface area contributed by atoms with E-state index in [9.17, 15) is 9.90 Å². The summed E-state index contributed by atoms with van der Waals surface area (Å²) in [6.07, 6.45) is 7.95. The fourth-order valence-corrected chi connectivity index (χ4v) is 4.25. The summed E-state index contributed by atoms with van der Waals surface area (Å²) in [5.41, 5.74) is 2.03. The summed E-state index contributed by atoms with van der Waals surface area (Å²) in [5.74, 6) is 1.43. The van der Waals surface area contributed by atoms with Crippen LogP contribution in [0.2, 0.25) is 0 Å². The maximum absolute atomic E-state index is 12.1. The second kappa shape index (κ2) is 9.47. The number of fused-ring (bicyclic) bond motifs is 1. The van der Waals surface area contributed by atoms with Crippen LogP contribution in [0.15, 0.2) is 41.0 Å². The Balaban J connectivity index is 1.37. The zero-order valence-corrected chi connectivity index (χ0v) is 18.4. The van der Waals surface area contributed by atoms with Crippen molar-refractivity contribution in [2.24, 2.45) is 5.92 Å². The van der Waals surface area contributed by atoms with E-state index < -0.39 is 0 Å². The van der Waals surface area contributed by atoms with Crippen LogP contribution in [0.3, 0.4) is 0 Å². The zero-order valence-electron chi connectivity index (χ0n) is 16.8. The van der Waals surface area contributed by atoms with Gasteiger partial charge in [-0.15, -0.1) is 0 Å². The van der Waals surface area contributed by atoms with E-state index in [4.69, 9.17) is 0 Å². The quantitative estimate of drug-likeness (QED) is 0.424. The highest BCUT2D eigenvalue weighted by molar-refractivity contribution is 9.10. The molecule has 1 aliphatic carbocycles. The molecule has 4 rings (SSSR count). The van der Waals surface area contributed by atoms with Crippen LogP contribution in [0.5, 0.6) is 5.75 Å². The number of halogens is 1. The number of benzene rings is 1. The van der Waals surface area contributed by atoms with Crippen molar-refractivity contribution in [3.05, 3.63) is 41.0 Å². The Bertz CT molecular complexity index is 1030. The van der Waals surface area contributed by atoms with Crippen LogP contribution in [-0.2, 0) is 4.79 Å². The van der Waals surface area contributed by atoms with Crippen molar-refractivity contribution >= 4 is 33.3 Å². The number of phenolic OH excluding ortho intramolecular Hbond substituents is 1. The van der Waals surface area contributed by atoms with Gasteiger partial charge in [-0.3, -0.25) is 4.79 Å². The fourth-order valence-electron chi connectivity index (χ4n) is 3.90. The molecule has 1 fully saturated rings. The number of rotatable bonds is 8. The van der Waals surface area contributed by atoms with Gasteiger partial charge in [-0.05, 0) is 53.7 Å². The third-order valence-electron chi connectivity index (χ3n) is 5.54. The molecule has 30 heavy (non-hydrogen) atoms. The van der Waals surface area contributed by atoms with Crippen molar-refractivity contribution in [1.82, 2.24) is 19.9 Å². The first-order valence-corrected chi connectivity index (χ1v) is 11.3. The average Bonchev–Trinajstić information content (AvgIpc) is 3.41. The first-order chi connectivity index (χ1) is 14.6. The van der Waals surface area contributed by atoms with Gasteiger partial charge >= 0.3 is 0 Å². The van der Waals surface area contributed by atoms with Gasteiger partial charge in [0.25, 0.3) is 0 Å². The molecule has 158 valence electrons. The topological polar surface area (TPSA) is 91.5 Å². The van der Waals surface area contributed by atoms with Crippen molar-refractivity contribution in [2.75, 3.05) is 18.4 Å². The highest BCUT2D eigenvalue weighted by Crippen LogP contribution is 2.31. The van der Waals surface area contributed by atoms with Crippen LogP contribution in [0, 0.1) is 5.92 Å². The number of aromatic hydroxyl groups is 1. The van der Waals surface area contributed by atoms with Crippen LogP contribution >= 0.6 is 15.9 Å². The number of unbranched alkanes of at least 4 members (excludes halogenated alkanes) is 1. The maximum Gasteiger partial charge on any atom is 0.223 e. The third kappa shape index (κ3) is 4.59. The van der Waals surface area contributed by atoms with Gasteiger partial charge in [-0.25, -0.2) is 4.98 Å². The van der Waals surface area contributed by atoms with Crippen molar-refractivity contribution < 1.29 is 9.90 Å². The molecule has 8 heteroatoms. The van der Waals surface area contributed by atoms with Gasteiger partial charge in [0, 0.05) is 30.6 Å². The summed E-state index contributed by atoms with van der Waals surface area (Å²) in [7, 11) is 0. The van der Waals surface area contributed by atoms with E-state index in [1.165, 1.54) is 12.8 Å². The lowest BCUT2D eigenvalue weighted by Gasteiger charge is -2.12. The molecule has 3 aromatic rings. The second-order valence-electron chi connectivity index (χ2n) is 7.68. The Morgan fingerprint density at radius 3 is 2.77 bits per heavy atom. The van der Waals surface area contributed by atoms with E-state index in [1.807, 2.05) is 18.2 Å². The second-order valence-corrected chi connectivity index (χ2v) is 8.53. The van der Waals surface area contributed by atoms with Crippen LogP contribution in [0.1, 0.15) is 38.5 Å². The van der Waals surface area contributed by atoms with E-state index in [0.717, 1.165) is 42.5 Å². The number of para-hydroxylation sites is 1. The maximum atomic E-state index is 12.1. The molecule has 2 heterocycles. The highest BCUT2D eigenvalue weighted by Gasteiger charge is 2.21. The predicted octanol–water partition coefficient (Wildman–Crippen LogP) is 4.36. The minimum atomic E-state index is 0.189.